The molecule has 2 amide bonds. The van der Waals surface area contributed by atoms with Crippen LogP contribution in [-0.2, 0) is 11.3 Å². The number of rotatable bonds is 4. The minimum atomic E-state index is -0.604. The van der Waals surface area contributed by atoms with Gasteiger partial charge in [0.05, 0.1) is 11.4 Å². The summed E-state index contributed by atoms with van der Waals surface area (Å²) in [5, 5.41) is 11.9. The number of aromatic amines is 1. The number of hydrogen-bond acceptors (Lipinski definition) is 3. The van der Waals surface area contributed by atoms with Crippen LogP contribution in [0.15, 0.2) is 36.4 Å². The number of aryl methyl sites for hydroxylation is 2. The molecule has 6 heteroatoms. The molecule has 1 atom stereocenters. The molecule has 1 aliphatic heterocycles. The fourth-order valence-electron chi connectivity index (χ4n) is 3.60. The van der Waals surface area contributed by atoms with E-state index in [1.165, 1.54) is 0 Å². The van der Waals surface area contributed by atoms with Gasteiger partial charge in [0, 0.05) is 28.8 Å². The average molecular weight is 348 g/mol. The van der Waals surface area contributed by atoms with Gasteiger partial charge in [-0.05, 0) is 38.3 Å². The van der Waals surface area contributed by atoms with Crippen LogP contribution in [0, 0.1) is 13.8 Å². The van der Waals surface area contributed by atoms with E-state index in [0.717, 1.165) is 33.4 Å². The standard InChI is InChI=1S/C20H20N4O2/c1-11-16(12(2)23-22-11)10-21-19(25)13(3)24-17-9-5-7-14-6-4-8-15(18(14)17)20(24)26/h4-9,13H,10H2,1-3H3,(H,21,25)(H,22,23). The molecule has 1 unspecified atom stereocenters. The highest BCUT2D eigenvalue weighted by Gasteiger charge is 2.35. The maximum Gasteiger partial charge on any atom is 0.259 e. The summed E-state index contributed by atoms with van der Waals surface area (Å²) in [5.74, 6) is -0.321. The molecular weight excluding hydrogens is 328 g/mol. The van der Waals surface area contributed by atoms with E-state index in [1.807, 2.05) is 50.2 Å². The first-order valence-electron chi connectivity index (χ1n) is 8.62. The van der Waals surface area contributed by atoms with Crippen molar-refractivity contribution < 1.29 is 9.59 Å². The molecule has 0 aliphatic carbocycles. The topological polar surface area (TPSA) is 78.1 Å². The van der Waals surface area contributed by atoms with Crippen LogP contribution in [0.1, 0.15) is 34.2 Å². The Morgan fingerprint density at radius 2 is 1.96 bits per heavy atom. The Morgan fingerprint density at radius 1 is 1.23 bits per heavy atom. The number of amides is 2. The second-order valence-electron chi connectivity index (χ2n) is 6.66. The van der Waals surface area contributed by atoms with E-state index in [4.69, 9.17) is 0 Å². The van der Waals surface area contributed by atoms with Crippen LogP contribution < -0.4 is 10.2 Å². The number of aromatic nitrogens is 2. The van der Waals surface area contributed by atoms with Crippen molar-refractivity contribution >= 4 is 28.3 Å². The first-order chi connectivity index (χ1) is 12.5. The Bertz CT molecular complexity index is 1010. The van der Waals surface area contributed by atoms with Crippen molar-refractivity contribution in [3.05, 3.63) is 58.9 Å². The molecule has 1 aromatic heterocycles. The third-order valence-electron chi connectivity index (χ3n) is 5.08. The van der Waals surface area contributed by atoms with E-state index in [9.17, 15) is 9.59 Å². The van der Waals surface area contributed by atoms with Crippen LogP contribution in [-0.4, -0.2) is 28.1 Å². The van der Waals surface area contributed by atoms with Crippen molar-refractivity contribution in [2.24, 2.45) is 0 Å². The molecule has 0 saturated heterocycles. The number of nitrogens with zero attached hydrogens (tertiary/aromatic N) is 2. The van der Waals surface area contributed by atoms with Gasteiger partial charge in [0.2, 0.25) is 5.91 Å². The molecule has 2 heterocycles. The van der Waals surface area contributed by atoms with Crippen LogP contribution in [0.3, 0.4) is 0 Å². The molecule has 2 aromatic carbocycles. The highest BCUT2D eigenvalue weighted by atomic mass is 16.2. The van der Waals surface area contributed by atoms with Crippen molar-refractivity contribution in [2.75, 3.05) is 4.90 Å². The van der Waals surface area contributed by atoms with Gasteiger partial charge in [0.25, 0.3) is 5.91 Å². The fraction of sp³-hybridized carbons (Fsp3) is 0.250. The summed E-state index contributed by atoms with van der Waals surface area (Å²) in [5.41, 5.74) is 4.22. The Labute approximate surface area is 151 Å². The normalized spacial score (nSPS) is 14.1. The highest BCUT2D eigenvalue weighted by Crippen LogP contribution is 2.38. The lowest BCUT2D eigenvalue weighted by atomic mass is 10.1. The van der Waals surface area contributed by atoms with Gasteiger partial charge in [-0.25, -0.2) is 0 Å². The van der Waals surface area contributed by atoms with Gasteiger partial charge in [-0.3, -0.25) is 19.6 Å². The molecule has 4 rings (SSSR count). The highest BCUT2D eigenvalue weighted by molar-refractivity contribution is 6.26. The van der Waals surface area contributed by atoms with E-state index >= 15 is 0 Å². The average Bonchev–Trinajstić information content (AvgIpc) is 3.11. The van der Waals surface area contributed by atoms with Crippen LogP contribution >= 0.6 is 0 Å². The summed E-state index contributed by atoms with van der Waals surface area (Å²) in [4.78, 5) is 27.2. The third kappa shape index (κ3) is 2.37. The van der Waals surface area contributed by atoms with Crippen molar-refractivity contribution in [3.63, 3.8) is 0 Å². The van der Waals surface area contributed by atoms with E-state index in [0.29, 0.717) is 12.1 Å². The summed E-state index contributed by atoms with van der Waals surface area (Å²) < 4.78 is 0. The fourth-order valence-corrected chi connectivity index (χ4v) is 3.60. The summed E-state index contributed by atoms with van der Waals surface area (Å²) in [6, 6.07) is 10.9. The minimum absolute atomic E-state index is 0.130. The monoisotopic (exact) mass is 348 g/mol. The van der Waals surface area contributed by atoms with E-state index < -0.39 is 6.04 Å². The molecule has 26 heavy (non-hydrogen) atoms. The summed E-state index contributed by atoms with van der Waals surface area (Å²) >= 11 is 0. The van der Waals surface area contributed by atoms with Gasteiger partial charge in [-0.1, -0.05) is 24.3 Å². The number of carbonyl (C=O) groups is 2. The predicted octanol–water partition coefficient (Wildman–Crippen LogP) is 2.84. The predicted molar refractivity (Wildman–Crippen MR) is 100 cm³/mol. The molecule has 3 aromatic rings. The van der Waals surface area contributed by atoms with E-state index in [2.05, 4.69) is 15.5 Å². The largest absolute Gasteiger partial charge is 0.350 e. The van der Waals surface area contributed by atoms with Gasteiger partial charge in [-0.15, -0.1) is 0 Å². The number of H-pyrrole nitrogens is 1. The lowest BCUT2D eigenvalue weighted by Crippen LogP contribution is -2.46. The molecule has 132 valence electrons. The molecule has 0 radical (unpaired) electrons. The molecule has 1 aliphatic rings. The lowest BCUT2D eigenvalue weighted by Gasteiger charge is -2.24. The number of nitrogens with one attached hydrogen (secondary N) is 2. The number of benzene rings is 2. The van der Waals surface area contributed by atoms with Gasteiger partial charge >= 0.3 is 0 Å². The van der Waals surface area contributed by atoms with Crippen molar-refractivity contribution in [3.8, 4) is 0 Å². The SMILES string of the molecule is Cc1n[nH]c(C)c1CNC(=O)C(C)N1C(=O)c2cccc3cccc1c23. The minimum Gasteiger partial charge on any atom is -0.350 e. The molecular formula is C20H20N4O2. The number of carbonyl (C=O) groups excluding carboxylic acids is 2. The summed E-state index contributed by atoms with van der Waals surface area (Å²) in [7, 11) is 0. The Balaban J connectivity index is 1.59. The van der Waals surface area contributed by atoms with E-state index in [-0.39, 0.29) is 11.8 Å². The van der Waals surface area contributed by atoms with Crippen LogP contribution in [0.2, 0.25) is 0 Å². The number of hydrogen-bond donors (Lipinski definition) is 2. The second-order valence-corrected chi connectivity index (χ2v) is 6.66. The first-order valence-corrected chi connectivity index (χ1v) is 8.62. The maximum absolute atomic E-state index is 12.9. The molecule has 0 saturated carbocycles. The quantitative estimate of drug-likeness (QED) is 0.761. The first kappa shape index (κ1) is 16.3. The smallest absolute Gasteiger partial charge is 0.259 e. The van der Waals surface area contributed by atoms with Gasteiger partial charge in [0.15, 0.2) is 0 Å². The van der Waals surface area contributed by atoms with Gasteiger partial charge < -0.3 is 5.32 Å². The molecule has 2 N–H and O–H groups in total. The van der Waals surface area contributed by atoms with Crippen LogP contribution in [0.25, 0.3) is 10.8 Å². The van der Waals surface area contributed by atoms with Gasteiger partial charge in [-0.2, -0.15) is 5.10 Å². The zero-order valence-corrected chi connectivity index (χ0v) is 15.0. The van der Waals surface area contributed by atoms with Gasteiger partial charge in [0.1, 0.15) is 6.04 Å². The molecule has 0 fully saturated rings. The van der Waals surface area contributed by atoms with Crippen molar-refractivity contribution in [1.82, 2.24) is 15.5 Å². The second kappa shape index (κ2) is 5.98. The zero-order valence-electron chi connectivity index (χ0n) is 15.0. The Kier molecular flexibility index (Phi) is 3.76. The van der Waals surface area contributed by atoms with E-state index in [1.54, 1.807) is 11.8 Å². The lowest BCUT2D eigenvalue weighted by molar-refractivity contribution is -0.122. The zero-order chi connectivity index (χ0) is 18.4. The molecule has 6 nitrogen and oxygen atoms in total. The van der Waals surface area contributed by atoms with Crippen LogP contribution in [0.5, 0.6) is 0 Å². The molecule has 0 bridgehead atoms. The maximum atomic E-state index is 12.9. The Morgan fingerprint density at radius 3 is 2.65 bits per heavy atom. The number of anilines is 1. The third-order valence-corrected chi connectivity index (χ3v) is 5.08. The molecule has 0 spiro atoms. The summed E-state index contributed by atoms with van der Waals surface area (Å²) in [6.45, 7) is 5.96. The van der Waals surface area contributed by atoms with Crippen LogP contribution in [0.4, 0.5) is 5.69 Å². The summed E-state index contributed by atoms with van der Waals surface area (Å²) in [6.07, 6.45) is 0. The van der Waals surface area contributed by atoms with Crippen molar-refractivity contribution in [1.29, 1.82) is 0 Å². The van der Waals surface area contributed by atoms with Crippen molar-refractivity contribution in [2.45, 2.75) is 33.4 Å². The Hall–Kier alpha value is -3.15.